The molecule has 2 unspecified atom stereocenters. The van der Waals surface area contributed by atoms with Gasteiger partial charge >= 0.3 is 0 Å². The van der Waals surface area contributed by atoms with E-state index in [1.165, 1.54) is 71.0 Å². The monoisotopic (exact) mass is 637 g/mol. The summed E-state index contributed by atoms with van der Waals surface area (Å²) < 4.78 is 8.83. The third-order valence-corrected chi connectivity index (χ3v) is 11.0. The molecule has 2 aliphatic carbocycles. The summed E-state index contributed by atoms with van der Waals surface area (Å²) in [5.74, 6) is 0.386. The van der Waals surface area contributed by atoms with Crippen LogP contribution in [0.1, 0.15) is 11.1 Å². The summed E-state index contributed by atoms with van der Waals surface area (Å²) in [6.07, 6.45) is 9.25. The predicted molar refractivity (Wildman–Crippen MR) is 208 cm³/mol. The van der Waals surface area contributed by atoms with Gasteiger partial charge in [0.1, 0.15) is 11.2 Å². The highest BCUT2D eigenvalue weighted by atomic mass is 16.3. The number of benzene rings is 7. The quantitative estimate of drug-likeness (QED) is 0.189. The molecule has 2 aliphatic rings. The Labute approximate surface area is 288 Å². The number of furan rings is 1. The molecule has 0 fully saturated rings. The van der Waals surface area contributed by atoms with Crippen LogP contribution in [-0.4, -0.2) is 4.57 Å². The molecule has 234 valence electrons. The Morgan fingerprint density at radius 3 is 1.70 bits per heavy atom. The van der Waals surface area contributed by atoms with E-state index in [4.69, 9.17) is 4.42 Å². The molecular formula is C48H31NO. The van der Waals surface area contributed by atoms with Crippen LogP contribution in [0.4, 0.5) is 0 Å². The molecule has 2 heteroatoms. The number of rotatable bonds is 3. The predicted octanol–water partition coefficient (Wildman–Crippen LogP) is 10.6. The molecule has 0 radical (unpaired) electrons. The molecule has 0 amide bonds. The first kappa shape index (κ1) is 27.6. The standard InChI is InChI=1S/C48H31NO/c1-2-13-31-29-46-42(27-30(31)12-1)41-28-33(24-25-45(41)50-46)48-39-20-5-3-18-37(39)47(38-19-4-6-21-40(38)48)32-14-11-15-34(26-32)49-43-22-9-7-16-35(43)36-17-8-10-23-44(36)49/h1-29,37,39H. The minimum Gasteiger partial charge on any atom is -0.456 e. The number of hydrogen-bond donors (Lipinski definition) is 0. The lowest BCUT2D eigenvalue weighted by Gasteiger charge is -2.33. The topological polar surface area (TPSA) is 18.1 Å². The second-order valence-corrected chi connectivity index (χ2v) is 13.6. The van der Waals surface area contributed by atoms with Gasteiger partial charge < -0.3 is 8.98 Å². The van der Waals surface area contributed by atoms with Crippen molar-refractivity contribution in [3.8, 4) is 5.69 Å². The molecule has 9 aromatic rings. The first-order valence-electron chi connectivity index (χ1n) is 17.4. The van der Waals surface area contributed by atoms with Gasteiger partial charge in [0.2, 0.25) is 0 Å². The molecule has 0 N–H and O–H groups in total. The summed E-state index contributed by atoms with van der Waals surface area (Å²) in [6.45, 7) is 0. The van der Waals surface area contributed by atoms with Gasteiger partial charge in [-0.15, -0.1) is 0 Å². The second-order valence-electron chi connectivity index (χ2n) is 13.6. The third-order valence-electron chi connectivity index (χ3n) is 11.0. The van der Waals surface area contributed by atoms with E-state index >= 15 is 0 Å². The van der Waals surface area contributed by atoms with Crippen molar-refractivity contribution in [2.45, 2.75) is 0 Å². The van der Waals surface area contributed by atoms with Crippen molar-refractivity contribution in [3.63, 3.8) is 0 Å². The van der Waals surface area contributed by atoms with E-state index in [0.717, 1.165) is 21.9 Å². The first-order valence-corrected chi connectivity index (χ1v) is 17.4. The summed E-state index contributed by atoms with van der Waals surface area (Å²) in [5, 5.41) is 9.89. The Bertz CT molecular complexity index is 3000. The number of aromatic nitrogens is 1. The molecule has 0 bridgehead atoms. The number of nitrogens with zero attached hydrogens (tertiary/aromatic N) is 1. The average molecular weight is 638 g/mol. The molecule has 0 spiro atoms. The number of fused-ring (bicyclic) bond motifs is 9. The largest absolute Gasteiger partial charge is 0.456 e. The van der Waals surface area contributed by atoms with Crippen molar-refractivity contribution >= 4 is 65.7 Å². The van der Waals surface area contributed by atoms with Crippen molar-refractivity contribution in [2.75, 3.05) is 0 Å². The number of allylic oxidation sites excluding steroid dienone is 4. The van der Waals surface area contributed by atoms with Crippen molar-refractivity contribution < 1.29 is 4.42 Å². The summed E-state index contributed by atoms with van der Waals surface area (Å²) >= 11 is 0. The Morgan fingerprint density at radius 1 is 0.420 bits per heavy atom. The van der Waals surface area contributed by atoms with Gasteiger partial charge in [0.25, 0.3) is 0 Å². The van der Waals surface area contributed by atoms with Gasteiger partial charge in [-0.05, 0) is 92.0 Å². The van der Waals surface area contributed by atoms with Crippen LogP contribution >= 0.6 is 0 Å². The van der Waals surface area contributed by atoms with Crippen LogP contribution in [0, 0.1) is 11.8 Å². The van der Waals surface area contributed by atoms with Crippen molar-refractivity contribution in [1.82, 2.24) is 4.57 Å². The van der Waals surface area contributed by atoms with Crippen LogP contribution in [0.2, 0.25) is 0 Å². The molecule has 0 saturated heterocycles. The molecule has 2 heterocycles. The maximum Gasteiger partial charge on any atom is 0.136 e. The number of hydrogen-bond acceptors (Lipinski definition) is 1. The highest BCUT2D eigenvalue weighted by molar-refractivity contribution is 6.11. The fourth-order valence-electron chi connectivity index (χ4n) is 8.81. The lowest BCUT2D eigenvalue weighted by atomic mass is 9.70. The molecular weight excluding hydrogens is 607 g/mol. The zero-order chi connectivity index (χ0) is 32.8. The summed E-state index contributed by atoms with van der Waals surface area (Å²) in [6, 6.07) is 55.4. The second kappa shape index (κ2) is 10.6. The van der Waals surface area contributed by atoms with Crippen LogP contribution in [-0.2, 0) is 0 Å². The molecule has 0 saturated carbocycles. The van der Waals surface area contributed by atoms with Gasteiger partial charge in [-0.3, -0.25) is 0 Å². The smallest absolute Gasteiger partial charge is 0.136 e. The normalized spacial score (nSPS) is 17.0. The zero-order valence-electron chi connectivity index (χ0n) is 27.3. The maximum absolute atomic E-state index is 6.41. The van der Waals surface area contributed by atoms with Crippen LogP contribution in [0.25, 0.3) is 71.4 Å². The van der Waals surface area contributed by atoms with Gasteiger partial charge in [0, 0.05) is 39.1 Å². The Morgan fingerprint density at radius 2 is 1.00 bits per heavy atom. The fraction of sp³-hybridized carbons (Fsp3) is 0.0417. The Balaban J connectivity index is 1.16. The maximum atomic E-state index is 6.41. The minimum atomic E-state index is 0.193. The van der Waals surface area contributed by atoms with Crippen LogP contribution in [0.5, 0.6) is 0 Å². The van der Waals surface area contributed by atoms with E-state index < -0.39 is 0 Å². The molecule has 50 heavy (non-hydrogen) atoms. The molecule has 2 aromatic heterocycles. The first-order chi connectivity index (χ1) is 24.8. The summed E-state index contributed by atoms with van der Waals surface area (Å²) in [4.78, 5) is 0. The summed E-state index contributed by atoms with van der Waals surface area (Å²) in [7, 11) is 0. The highest BCUT2D eigenvalue weighted by Crippen LogP contribution is 2.42. The SMILES string of the molecule is C1=CC2C(c3cccc(-n4c5ccccc5c5ccccc54)c3)=c3ccccc3=C(c3ccc4oc5cc6ccccc6cc5c4c3)C2C=C1. The molecule has 2 atom stereocenters. The van der Waals surface area contributed by atoms with Crippen LogP contribution in [0.3, 0.4) is 0 Å². The summed E-state index contributed by atoms with van der Waals surface area (Å²) in [5.41, 5.74) is 10.7. The molecule has 0 aliphatic heterocycles. The Kier molecular flexibility index (Phi) is 5.82. The van der Waals surface area contributed by atoms with E-state index in [2.05, 4.69) is 181 Å². The van der Waals surface area contributed by atoms with Crippen molar-refractivity contribution in [3.05, 3.63) is 198 Å². The fourth-order valence-corrected chi connectivity index (χ4v) is 8.81. The van der Waals surface area contributed by atoms with E-state index in [9.17, 15) is 0 Å². The Hall–Kier alpha value is -6.38. The van der Waals surface area contributed by atoms with Crippen LogP contribution < -0.4 is 10.4 Å². The van der Waals surface area contributed by atoms with Gasteiger partial charge in [-0.2, -0.15) is 0 Å². The number of para-hydroxylation sites is 2. The lowest BCUT2D eigenvalue weighted by Crippen LogP contribution is -2.40. The third kappa shape index (κ3) is 3.96. The molecule has 11 rings (SSSR count). The highest BCUT2D eigenvalue weighted by Gasteiger charge is 2.32. The van der Waals surface area contributed by atoms with Gasteiger partial charge in [0.15, 0.2) is 0 Å². The minimum absolute atomic E-state index is 0.193. The zero-order valence-corrected chi connectivity index (χ0v) is 27.3. The van der Waals surface area contributed by atoms with Gasteiger partial charge in [0.05, 0.1) is 11.0 Å². The van der Waals surface area contributed by atoms with Crippen molar-refractivity contribution in [2.24, 2.45) is 11.8 Å². The average Bonchev–Trinajstić information content (AvgIpc) is 3.70. The molecule has 2 nitrogen and oxygen atoms in total. The van der Waals surface area contributed by atoms with E-state index in [-0.39, 0.29) is 11.8 Å². The lowest BCUT2D eigenvalue weighted by molar-refractivity contribution is 0.669. The molecule has 7 aromatic carbocycles. The van der Waals surface area contributed by atoms with E-state index in [1.807, 2.05) is 0 Å². The van der Waals surface area contributed by atoms with Crippen LogP contribution in [0.15, 0.2) is 180 Å². The van der Waals surface area contributed by atoms with Gasteiger partial charge in [-0.25, -0.2) is 0 Å². The van der Waals surface area contributed by atoms with Crippen molar-refractivity contribution in [1.29, 1.82) is 0 Å². The van der Waals surface area contributed by atoms with E-state index in [0.29, 0.717) is 0 Å². The van der Waals surface area contributed by atoms with Gasteiger partial charge in [-0.1, -0.05) is 127 Å². The van der Waals surface area contributed by atoms with E-state index in [1.54, 1.807) is 0 Å².